The molecule has 0 bridgehead atoms. The standard InChI is InChI=1S/C22H27N3O2/c1-16-8-6-7-11-20(16)24-21(26)17(2)25-14-12-19(13-15-25)23-22(27)18-9-4-3-5-10-18/h3-11,17,19H,12-15H2,1-2H3,(H,23,27)(H,24,26). The van der Waals surface area contributed by atoms with Gasteiger partial charge in [0.15, 0.2) is 0 Å². The number of carbonyl (C=O) groups is 2. The quantitative estimate of drug-likeness (QED) is 0.855. The van der Waals surface area contributed by atoms with Crippen LogP contribution in [0.15, 0.2) is 54.6 Å². The van der Waals surface area contributed by atoms with Crippen molar-refractivity contribution >= 4 is 17.5 Å². The number of aryl methyl sites for hydroxylation is 1. The van der Waals surface area contributed by atoms with Crippen LogP contribution >= 0.6 is 0 Å². The average Bonchev–Trinajstić information content (AvgIpc) is 2.70. The number of carbonyl (C=O) groups excluding carboxylic acids is 2. The van der Waals surface area contributed by atoms with Crippen LogP contribution in [0.4, 0.5) is 5.69 Å². The van der Waals surface area contributed by atoms with E-state index in [9.17, 15) is 9.59 Å². The number of para-hydroxylation sites is 1. The third-order valence-electron chi connectivity index (χ3n) is 5.23. The molecule has 0 aromatic heterocycles. The third kappa shape index (κ3) is 4.95. The zero-order valence-electron chi connectivity index (χ0n) is 15.9. The molecule has 5 heteroatoms. The second-order valence-electron chi connectivity index (χ2n) is 7.13. The SMILES string of the molecule is Cc1ccccc1NC(=O)C(C)N1CCC(NC(=O)c2ccccc2)CC1. The van der Waals surface area contributed by atoms with E-state index >= 15 is 0 Å². The number of benzene rings is 2. The Balaban J connectivity index is 1.49. The molecule has 2 amide bonds. The smallest absolute Gasteiger partial charge is 0.251 e. The zero-order valence-corrected chi connectivity index (χ0v) is 15.9. The van der Waals surface area contributed by atoms with Crippen molar-refractivity contribution in [1.29, 1.82) is 0 Å². The third-order valence-corrected chi connectivity index (χ3v) is 5.23. The van der Waals surface area contributed by atoms with Gasteiger partial charge in [-0.15, -0.1) is 0 Å². The van der Waals surface area contributed by atoms with Crippen LogP contribution in [0.3, 0.4) is 0 Å². The first kappa shape index (κ1) is 19.1. The van der Waals surface area contributed by atoms with Gasteiger partial charge in [0.2, 0.25) is 5.91 Å². The zero-order chi connectivity index (χ0) is 19.2. The molecule has 3 rings (SSSR count). The Morgan fingerprint density at radius 1 is 1.00 bits per heavy atom. The first-order valence-electron chi connectivity index (χ1n) is 9.51. The number of piperidine rings is 1. The van der Waals surface area contributed by atoms with E-state index in [2.05, 4.69) is 15.5 Å². The Morgan fingerprint density at radius 2 is 1.63 bits per heavy atom. The molecular formula is C22H27N3O2. The Labute approximate surface area is 160 Å². The molecule has 1 saturated heterocycles. The predicted octanol–water partition coefficient (Wildman–Crippen LogP) is 3.22. The fourth-order valence-corrected chi connectivity index (χ4v) is 3.41. The van der Waals surface area contributed by atoms with Crippen LogP contribution in [0.2, 0.25) is 0 Å². The molecule has 5 nitrogen and oxygen atoms in total. The largest absolute Gasteiger partial charge is 0.349 e. The Kier molecular flexibility index (Phi) is 6.24. The van der Waals surface area contributed by atoms with Gasteiger partial charge in [0, 0.05) is 30.4 Å². The molecule has 1 aliphatic rings. The minimum absolute atomic E-state index is 0.0103. The number of hydrogen-bond acceptors (Lipinski definition) is 3. The molecule has 1 aliphatic heterocycles. The maximum absolute atomic E-state index is 12.6. The molecule has 142 valence electrons. The topological polar surface area (TPSA) is 61.4 Å². The van der Waals surface area contributed by atoms with Crippen LogP contribution in [0, 0.1) is 6.92 Å². The van der Waals surface area contributed by atoms with E-state index in [-0.39, 0.29) is 23.9 Å². The normalized spacial score (nSPS) is 16.5. The fraction of sp³-hybridized carbons (Fsp3) is 0.364. The number of nitrogens with zero attached hydrogens (tertiary/aromatic N) is 1. The van der Waals surface area contributed by atoms with E-state index in [1.807, 2.05) is 68.4 Å². The summed E-state index contributed by atoms with van der Waals surface area (Å²) in [5.74, 6) is -0.0181. The Hall–Kier alpha value is -2.66. The summed E-state index contributed by atoms with van der Waals surface area (Å²) in [4.78, 5) is 27.0. The molecule has 2 aromatic carbocycles. The molecule has 2 aromatic rings. The summed E-state index contributed by atoms with van der Waals surface area (Å²) in [5, 5.41) is 6.13. The number of rotatable bonds is 5. The van der Waals surface area contributed by atoms with E-state index in [0.29, 0.717) is 5.56 Å². The van der Waals surface area contributed by atoms with Gasteiger partial charge in [-0.1, -0.05) is 36.4 Å². The maximum Gasteiger partial charge on any atom is 0.251 e. The molecule has 1 heterocycles. The van der Waals surface area contributed by atoms with Gasteiger partial charge in [0.25, 0.3) is 5.91 Å². The summed E-state index contributed by atoms with van der Waals surface area (Å²) >= 11 is 0. The van der Waals surface area contributed by atoms with Crippen molar-refractivity contribution in [2.24, 2.45) is 0 Å². The second-order valence-corrected chi connectivity index (χ2v) is 7.13. The van der Waals surface area contributed by atoms with E-state index in [0.717, 1.165) is 37.2 Å². The molecule has 1 fully saturated rings. The lowest BCUT2D eigenvalue weighted by molar-refractivity contribution is -0.121. The molecule has 0 spiro atoms. The Bertz CT molecular complexity index is 783. The molecule has 2 N–H and O–H groups in total. The molecule has 1 unspecified atom stereocenters. The van der Waals surface area contributed by atoms with Crippen LogP contribution in [0.5, 0.6) is 0 Å². The molecule has 0 aliphatic carbocycles. The van der Waals surface area contributed by atoms with Crippen LogP contribution in [-0.4, -0.2) is 41.9 Å². The van der Waals surface area contributed by atoms with E-state index in [1.54, 1.807) is 0 Å². The van der Waals surface area contributed by atoms with Crippen LogP contribution < -0.4 is 10.6 Å². The first-order chi connectivity index (χ1) is 13.0. The van der Waals surface area contributed by atoms with E-state index in [1.165, 1.54) is 0 Å². The van der Waals surface area contributed by atoms with Gasteiger partial charge in [-0.25, -0.2) is 0 Å². The van der Waals surface area contributed by atoms with Gasteiger partial charge in [0.05, 0.1) is 6.04 Å². The van der Waals surface area contributed by atoms with Crippen LogP contribution in [-0.2, 0) is 4.79 Å². The molecule has 1 atom stereocenters. The summed E-state index contributed by atoms with van der Waals surface area (Å²) in [6.45, 7) is 5.52. The average molecular weight is 365 g/mol. The minimum Gasteiger partial charge on any atom is -0.349 e. The number of likely N-dealkylation sites (tertiary alicyclic amines) is 1. The van der Waals surface area contributed by atoms with Gasteiger partial charge >= 0.3 is 0 Å². The summed E-state index contributed by atoms with van der Waals surface area (Å²) in [6.07, 6.45) is 1.70. The molecule has 27 heavy (non-hydrogen) atoms. The lowest BCUT2D eigenvalue weighted by Gasteiger charge is -2.35. The number of anilines is 1. The van der Waals surface area contributed by atoms with Crippen LogP contribution in [0.1, 0.15) is 35.7 Å². The lowest BCUT2D eigenvalue weighted by Crippen LogP contribution is -2.50. The fourth-order valence-electron chi connectivity index (χ4n) is 3.41. The highest BCUT2D eigenvalue weighted by Crippen LogP contribution is 2.17. The lowest BCUT2D eigenvalue weighted by atomic mass is 10.0. The second kappa shape index (κ2) is 8.82. The Morgan fingerprint density at radius 3 is 2.30 bits per heavy atom. The van der Waals surface area contributed by atoms with Crippen molar-refractivity contribution in [1.82, 2.24) is 10.2 Å². The number of nitrogens with one attached hydrogen (secondary N) is 2. The minimum atomic E-state index is -0.199. The van der Waals surface area contributed by atoms with Gasteiger partial charge < -0.3 is 10.6 Å². The maximum atomic E-state index is 12.6. The summed E-state index contributed by atoms with van der Waals surface area (Å²) in [7, 11) is 0. The molecule has 0 radical (unpaired) electrons. The van der Waals surface area contributed by atoms with Crippen molar-refractivity contribution in [3.05, 3.63) is 65.7 Å². The highest BCUT2D eigenvalue weighted by Gasteiger charge is 2.27. The monoisotopic (exact) mass is 365 g/mol. The van der Waals surface area contributed by atoms with Gasteiger partial charge in [-0.05, 0) is 50.5 Å². The van der Waals surface area contributed by atoms with Crippen LogP contribution in [0.25, 0.3) is 0 Å². The number of amides is 2. The van der Waals surface area contributed by atoms with Gasteiger partial charge in [0.1, 0.15) is 0 Å². The van der Waals surface area contributed by atoms with E-state index < -0.39 is 0 Å². The molecule has 0 saturated carbocycles. The number of hydrogen-bond donors (Lipinski definition) is 2. The summed E-state index contributed by atoms with van der Waals surface area (Å²) < 4.78 is 0. The van der Waals surface area contributed by atoms with Crippen molar-refractivity contribution in [2.75, 3.05) is 18.4 Å². The predicted molar refractivity (Wildman–Crippen MR) is 108 cm³/mol. The summed E-state index contributed by atoms with van der Waals surface area (Å²) in [5.41, 5.74) is 2.60. The van der Waals surface area contributed by atoms with Crippen molar-refractivity contribution < 1.29 is 9.59 Å². The first-order valence-corrected chi connectivity index (χ1v) is 9.51. The van der Waals surface area contributed by atoms with Gasteiger partial charge in [-0.2, -0.15) is 0 Å². The summed E-state index contributed by atoms with van der Waals surface area (Å²) in [6, 6.07) is 17.0. The highest BCUT2D eigenvalue weighted by molar-refractivity contribution is 5.95. The van der Waals surface area contributed by atoms with Crippen molar-refractivity contribution in [3.63, 3.8) is 0 Å². The van der Waals surface area contributed by atoms with Crippen molar-refractivity contribution in [3.8, 4) is 0 Å². The molecular weight excluding hydrogens is 338 g/mol. The highest BCUT2D eigenvalue weighted by atomic mass is 16.2. The van der Waals surface area contributed by atoms with Gasteiger partial charge in [-0.3, -0.25) is 14.5 Å². The van der Waals surface area contributed by atoms with Crippen molar-refractivity contribution in [2.45, 2.75) is 38.8 Å². The van der Waals surface area contributed by atoms with E-state index in [4.69, 9.17) is 0 Å².